The van der Waals surface area contributed by atoms with Crippen LogP contribution in [0, 0.1) is 0 Å². The second kappa shape index (κ2) is 11.4. The molecule has 0 aromatic rings. The molecule has 0 aliphatic rings. The van der Waals surface area contributed by atoms with Crippen LogP contribution in [0.15, 0.2) is 0 Å². The summed E-state index contributed by atoms with van der Waals surface area (Å²) >= 11 is 0. The predicted molar refractivity (Wildman–Crippen MR) is 110 cm³/mol. The minimum atomic E-state index is -6.50. The molecule has 0 radical (unpaired) electrons. The van der Waals surface area contributed by atoms with Gasteiger partial charge in [0.1, 0.15) is 0 Å². The van der Waals surface area contributed by atoms with Crippen LogP contribution in [0.1, 0.15) is 25.7 Å². The molecule has 0 saturated heterocycles. The SMILES string of the molecule is C[SiH](O[Si](C)(C)C(F)(F)C(F)(F)C(F)(F)CCC(F)(F)F)O[Si](C)(C)C(F)(F)C(F)(F)C(F)(F)CCC(F)(F)F. The lowest BCUT2D eigenvalue weighted by Crippen LogP contribution is -2.70. The van der Waals surface area contributed by atoms with Crippen molar-refractivity contribution in [2.24, 2.45) is 0 Å². The van der Waals surface area contributed by atoms with E-state index in [0.717, 1.165) is 0 Å². The highest BCUT2D eigenvalue weighted by molar-refractivity contribution is 6.83. The number of hydrogen-bond acceptors (Lipinski definition) is 2. The van der Waals surface area contributed by atoms with Gasteiger partial charge in [0.15, 0.2) is 0 Å². The molecule has 0 fully saturated rings. The number of alkyl halides is 18. The monoisotopic (exact) mass is 686 g/mol. The Morgan fingerprint density at radius 1 is 0.450 bits per heavy atom. The van der Waals surface area contributed by atoms with Gasteiger partial charge in [-0.2, -0.15) is 61.5 Å². The largest absolute Gasteiger partial charge is 0.434 e. The second-order valence-corrected chi connectivity index (χ2v) is 20.1. The summed E-state index contributed by atoms with van der Waals surface area (Å²) in [7, 11) is -15.7. The van der Waals surface area contributed by atoms with Gasteiger partial charge in [-0.05, 0) is 32.7 Å². The summed E-state index contributed by atoms with van der Waals surface area (Å²) in [5.74, 6) is -25.0. The van der Waals surface area contributed by atoms with E-state index in [1.165, 1.54) is 0 Å². The standard InChI is InChI=1S/C17H24F18O2Si3/c1-38(36-39(2,3)16(32,33)14(28,29)10(18,19)6-8-12(22,23)24)37-40(4,5)17(34,35)15(30,31)11(20,21)7-9-13(25,26)27/h38H,6-9H2,1-5H3. The third-order valence-electron chi connectivity index (χ3n) is 5.59. The van der Waals surface area contributed by atoms with Crippen LogP contribution in [0.2, 0.25) is 32.7 Å². The van der Waals surface area contributed by atoms with Gasteiger partial charge >= 0.3 is 47.1 Å². The molecule has 0 unspecified atom stereocenters. The third-order valence-corrected chi connectivity index (χ3v) is 16.6. The minimum absolute atomic E-state index is 0.111. The lowest BCUT2D eigenvalue weighted by molar-refractivity contribution is -0.294. The zero-order valence-electron chi connectivity index (χ0n) is 21.0. The van der Waals surface area contributed by atoms with Gasteiger partial charge in [0.25, 0.3) is 25.9 Å². The Labute approximate surface area is 219 Å². The van der Waals surface area contributed by atoms with Crippen molar-refractivity contribution in [1.29, 1.82) is 0 Å². The third kappa shape index (κ3) is 8.23. The van der Waals surface area contributed by atoms with Crippen LogP contribution in [0.4, 0.5) is 79.0 Å². The van der Waals surface area contributed by atoms with Crippen LogP contribution in [0.3, 0.4) is 0 Å². The molecule has 23 heteroatoms. The Morgan fingerprint density at radius 2 is 0.675 bits per heavy atom. The molecule has 0 saturated carbocycles. The first-order chi connectivity index (χ1) is 17.0. The molecule has 0 aliphatic heterocycles. The van der Waals surface area contributed by atoms with Gasteiger partial charge in [-0.3, -0.25) is 0 Å². The summed E-state index contributed by atoms with van der Waals surface area (Å²) in [6.45, 7) is 0.927. The predicted octanol–water partition coefficient (Wildman–Crippen LogP) is 8.86. The molecule has 0 N–H and O–H groups in total. The van der Waals surface area contributed by atoms with Crippen LogP contribution in [0.5, 0.6) is 0 Å². The van der Waals surface area contributed by atoms with Crippen molar-refractivity contribution in [1.82, 2.24) is 0 Å². The number of rotatable bonds is 14. The highest BCUT2D eigenvalue weighted by Crippen LogP contribution is 2.54. The Kier molecular flexibility index (Phi) is 11.2. The van der Waals surface area contributed by atoms with Gasteiger partial charge in [0, 0.05) is 25.7 Å². The van der Waals surface area contributed by atoms with Crippen LogP contribution in [-0.2, 0) is 8.23 Å². The van der Waals surface area contributed by atoms with Gasteiger partial charge in [-0.1, -0.05) is 0 Å². The van der Waals surface area contributed by atoms with Crippen molar-refractivity contribution >= 4 is 25.9 Å². The van der Waals surface area contributed by atoms with Gasteiger partial charge < -0.3 is 8.23 Å². The second-order valence-electron chi connectivity index (χ2n) is 9.76. The van der Waals surface area contributed by atoms with E-state index in [4.69, 9.17) is 0 Å². The van der Waals surface area contributed by atoms with E-state index >= 15 is 0 Å². The zero-order valence-corrected chi connectivity index (χ0v) is 24.2. The fourth-order valence-electron chi connectivity index (χ4n) is 3.13. The molecule has 0 rings (SSSR count). The van der Waals surface area contributed by atoms with Gasteiger partial charge in [-0.15, -0.1) is 0 Å². The topological polar surface area (TPSA) is 18.5 Å². The van der Waals surface area contributed by atoms with E-state index in [1.54, 1.807) is 0 Å². The molecule has 2 nitrogen and oxygen atoms in total. The van der Waals surface area contributed by atoms with Crippen molar-refractivity contribution in [2.45, 2.75) is 106 Å². The maximum atomic E-state index is 14.6. The van der Waals surface area contributed by atoms with Crippen LogP contribution in [-0.4, -0.2) is 73.1 Å². The quantitative estimate of drug-likeness (QED) is 0.134. The molecule has 242 valence electrons. The van der Waals surface area contributed by atoms with Gasteiger partial charge in [-0.25, -0.2) is 17.6 Å². The number of halogens is 18. The average Bonchev–Trinajstić information content (AvgIpc) is 2.68. The van der Waals surface area contributed by atoms with E-state index in [2.05, 4.69) is 8.23 Å². The lowest BCUT2D eigenvalue weighted by atomic mass is 10.1. The fraction of sp³-hybridized carbons (Fsp3) is 1.00. The molecule has 0 bridgehead atoms. The molecule has 0 heterocycles. The molecule has 0 spiro atoms. The summed E-state index contributed by atoms with van der Waals surface area (Å²) in [6, 6.07) is 0. The van der Waals surface area contributed by atoms with Crippen molar-refractivity contribution < 1.29 is 87.3 Å². The summed E-state index contributed by atoms with van der Waals surface area (Å²) in [5.41, 5.74) is -11.9. The summed E-state index contributed by atoms with van der Waals surface area (Å²) < 4.78 is 252. The number of hydrogen-bond donors (Lipinski definition) is 0. The van der Waals surface area contributed by atoms with Crippen molar-refractivity contribution in [3.05, 3.63) is 0 Å². The van der Waals surface area contributed by atoms with E-state index < -0.39 is 98.7 Å². The van der Waals surface area contributed by atoms with Crippen molar-refractivity contribution in [3.63, 3.8) is 0 Å². The van der Waals surface area contributed by atoms with Crippen molar-refractivity contribution in [2.75, 3.05) is 0 Å². The maximum absolute atomic E-state index is 14.6. The molecule has 0 aliphatic carbocycles. The van der Waals surface area contributed by atoms with Gasteiger partial charge in [0.2, 0.25) is 0 Å². The molecular weight excluding hydrogens is 662 g/mol. The molecule has 0 atom stereocenters. The highest BCUT2D eigenvalue weighted by atomic mass is 28.4. The summed E-state index contributed by atoms with van der Waals surface area (Å²) in [6.07, 6.45) is -21.6. The molecule has 40 heavy (non-hydrogen) atoms. The Morgan fingerprint density at radius 3 is 0.875 bits per heavy atom. The van der Waals surface area contributed by atoms with Gasteiger partial charge in [0.05, 0.1) is 0 Å². The summed E-state index contributed by atoms with van der Waals surface area (Å²) in [5, 5.41) is 0. The normalized spacial score (nSPS) is 16.2. The van der Waals surface area contributed by atoms with Crippen LogP contribution >= 0.6 is 0 Å². The Bertz CT molecular complexity index is 786. The first-order valence-electron chi connectivity index (χ1n) is 10.8. The van der Waals surface area contributed by atoms with Crippen LogP contribution in [0.25, 0.3) is 0 Å². The minimum Gasteiger partial charge on any atom is -0.434 e. The first kappa shape index (κ1) is 39.3. The molecule has 0 aromatic heterocycles. The Hall–Kier alpha value is -0.689. The molecular formula is C17H24F18O2Si3. The molecule has 0 aromatic carbocycles. The van der Waals surface area contributed by atoms with E-state index in [9.17, 15) is 79.0 Å². The Balaban J connectivity index is 6.01. The average molecular weight is 687 g/mol. The van der Waals surface area contributed by atoms with E-state index in [-0.39, 0.29) is 26.2 Å². The first-order valence-corrected chi connectivity index (χ1v) is 18.7. The molecule has 0 amide bonds. The smallest absolute Gasteiger partial charge is 0.389 e. The van der Waals surface area contributed by atoms with E-state index in [0.29, 0.717) is 6.55 Å². The maximum Gasteiger partial charge on any atom is 0.389 e. The van der Waals surface area contributed by atoms with Crippen LogP contribution < -0.4 is 0 Å². The zero-order chi connectivity index (χ0) is 32.8. The summed E-state index contributed by atoms with van der Waals surface area (Å²) in [4.78, 5) is 0. The van der Waals surface area contributed by atoms with Crippen molar-refractivity contribution in [3.8, 4) is 0 Å². The lowest BCUT2D eigenvalue weighted by Gasteiger charge is -2.44. The van der Waals surface area contributed by atoms with E-state index in [1.807, 2.05) is 0 Å². The highest BCUT2D eigenvalue weighted by Gasteiger charge is 2.79. The fourth-order valence-corrected chi connectivity index (χ4v) is 13.5.